The van der Waals surface area contributed by atoms with Crippen LogP contribution in [0.5, 0.6) is 5.75 Å². The number of carbonyl (C=O) groups is 1. The topological polar surface area (TPSA) is 102 Å². The zero-order valence-electron chi connectivity index (χ0n) is 14.9. The van der Waals surface area contributed by atoms with E-state index in [-0.39, 0.29) is 18.8 Å². The Labute approximate surface area is 161 Å². The predicted octanol–water partition coefficient (Wildman–Crippen LogP) is 1.78. The Kier molecular flexibility index (Phi) is 4.60. The minimum Gasteiger partial charge on any atom is -0.506 e. The maximum atomic E-state index is 14.5. The molecule has 2 heterocycles. The van der Waals surface area contributed by atoms with Crippen LogP contribution in [0.25, 0.3) is 0 Å². The van der Waals surface area contributed by atoms with Crippen LogP contribution in [-0.4, -0.2) is 44.1 Å². The number of urea groups is 1. The summed E-state index contributed by atoms with van der Waals surface area (Å²) in [5.41, 5.74) is 1.86. The zero-order valence-corrected chi connectivity index (χ0v) is 15.7. The van der Waals surface area contributed by atoms with Crippen molar-refractivity contribution in [2.75, 3.05) is 29.3 Å². The van der Waals surface area contributed by atoms with Crippen LogP contribution in [0.15, 0.2) is 36.4 Å². The number of hydrogen-bond acceptors (Lipinski definition) is 4. The number of aromatic hydroxyl groups is 1. The zero-order chi connectivity index (χ0) is 19.9. The fourth-order valence-corrected chi connectivity index (χ4v) is 4.74. The molecule has 0 bridgehead atoms. The van der Waals surface area contributed by atoms with Crippen LogP contribution in [0.3, 0.4) is 0 Å². The number of amides is 2. The van der Waals surface area contributed by atoms with Gasteiger partial charge in [-0.2, -0.15) is 13.1 Å². The van der Waals surface area contributed by atoms with Crippen molar-refractivity contribution in [3.63, 3.8) is 0 Å². The Balaban J connectivity index is 1.52. The molecule has 0 atom stereocenters. The third-order valence-corrected chi connectivity index (χ3v) is 6.37. The van der Waals surface area contributed by atoms with Gasteiger partial charge in [-0.1, -0.05) is 24.3 Å². The van der Waals surface area contributed by atoms with Crippen molar-refractivity contribution in [1.82, 2.24) is 9.62 Å². The minimum atomic E-state index is -3.88. The summed E-state index contributed by atoms with van der Waals surface area (Å²) < 4.78 is 41.3. The highest BCUT2D eigenvalue weighted by atomic mass is 32.2. The van der Waals surface area contributed by atoms with E-state index in [1.54, 1.807) is 4.90 Å². The molecule has 2 aromatic carbocycles. The highest BCUT2D eigenvalue weighted by molar-refractivity contribution is 7.91. The predicted molar refractivity (Wildman–Crippen MR) is 102 cm³/mol. The quantitative estimate of drug-likeness (QED) is 0.707. The number of nitrogens with zero attached hydrogens (tertiary/aromatic N) is 2. The summed E-state index contributed by atoms with van der Waals surface area (Å²) in [6.07, 6.45) is 0.724. The van der Waals surface area contributed by atoms with Gasteiger partial charge < -0.3 is 15.3 Å². The van der Waals surface area contributed by atoms with E-state index < -0.39 is 33.5 Å². The van der Waals surface area contributed by atoms with Crippen LogP contribution >= 0.6 is 0 Å². The van der Waals surface area contributed by atoms with E-state index in [0.29, 0.717) is 13.1 Å². The third kappa shape index (κ3) is 3.36. The number of anilines is 2. The number of halogens is 1. The summed E-state index contributed by atoms with van der Waals surface area (Å²) in [5.74, 6) is -1.50. The first-order chi connectivity index (χ1) is 13.3. The molecule has 2 aliphatic rings. The summed E-state index contributed by atoms with van der Waals surface area (Å²) in [5, 5.41) is 12.7. The van der Waals surface area contributed by atoms with Gasteiger partial charge in [0.15, 0.2) is 5.82 Å². The first-order valence-electron chi connectivity index (χ1n) is 8.78. The molecule has 1 saturated heterocycles. The first-order valence-corrected chi connectivity index (χ1v) is 10.2. The summed E-state index contributed by atoms with van der Waals surface area (Å²) in [4.78, 5) is 14.1. The Hall–Kier alpha value is -2.85. The molecule has 2 amide bonds. The van der Waals surface area contributed by atoms with Crippen molar-refractivity contribution in [2.45, 2.75) is 13.0 Å². The fourth-order valence-electron chi connectivity index (χ4n) is 3.48. The second-order valence-electron chi connectivity index (χ2n) is 6.67. The van der Waals surface area contributed by atoms with Gasteiger partial charge in [-0.15, -0.1) is 0 Å². The molecule has 0 aliphatic carbocycles. The molecule has 0 saturated carbocycles. The number of nitrogens with one attached hydrogen (secondary N) is 2. The van der Waals surface area contributed by atoms with Crippen LogP contribution in [-0.2, 0) is 23.2 Å². The van der Waals surface area contributed by atoms with Crippen molar-refractivity contribution >= 4 is 27.6 Å². The average Bonchev–Trinajstić information content (AvgIpc) is 2.99. The average molecular weight is 406 g/mol. The van der Waals surface area contributed by atoms with Gasteiger partial charge in [0.2, 0.25) is 0 Å². The van der Waals surface area contributed by atoms with Gasteiger partial charge in [-0.25, -0.2) is 13.5 Å². The first kappa shape index (κ1) is 18.5. The highest BCUT2D eigenvalue weighted by Gasteiger charge is 2.32. The van der Waals surface area contributed by atoms with Crippen molar-refractivity contribution < 1.29 is 22.7 Å². The molecule has 1 fully saturated rings. The van der Waals surface area contributed by atoms with Crippen molar-refractivity contribution in [1.29, 1.82) is 0 Å². The number of hydrogen-bond donors (Lipinski definition) is 3. The third-order valence-electron chi connectivity index (χ3n) is 4.85. The fraction of sp³-hybridized carbons (Fsp3) is 0.278. The molecule has 2 aliphatic heterocycles. The molecule has 8 nitrogen and oxygen atoms in total. The van der Waals surface area contributed by atoms with Gasteiger partial charge in [0.25, 0.3) is 0 Å². The number of benzene rings is 2. The standard InChI is InChI=1S/C18H19FN4O4S/c19-15-9-14(10-16(24)17(15)23-8-6-20-28(23,26)27)21-18(25)22-7-5-12-3-1-2-4-13(12)11-22/h1-4,9-10,20,24H,5-8,11H2,(H,21,25). The molecule has 3 N–H and O–H groups in total. The maximum absolute atomic E-state index is 14.5. The largest absolute Gasteiger partial charge is 0.506 e. The van der Waals surface area contributed by atoms with E-state index >= 15 is 0 Å². The monoisotopic (exact) mass is 406 g/mol. The van der Waals surface area contributed by atoms with Gasteiger partial charge in [0, 0.05) is 37.9 Å². The lowest BCUT2D eigenvalue weighted by Gasteiger charge is -2.29. The van der Waals surface area contributed by atoms with Gasteiger partial charge in [-0.3, -0.25) is 0 Å². The van der Waals surface area contributed by atoms with E-state index in [1.807, 2.05) is 24.3 Å². The van der Waals surface area contributed by atoms with E-state index in [2.05, 4.69) is 10.0 Å². The Morgan fingerprint density at radius 3 is 2.61 bits per heavy atom. The van der Waals surface area contributed by atoms with Gasteiger partial charge in [0.05, 0.1) is 0 Å². The second kappa shape index (κ2) is 6.95. The summed E-state index contributed by atoms with van der Waals surface area (Å²) in [6, 6.07) is 9.57. The van der Waals surface area contributed by atoms with Crippen molar-refractivity contribution in [2.24, 2.45) is 0 Å². The van der Waals surface area contributed by atoms with Crippen molar-refractivity contribution in [3.05, 3.63) is 53.3 Å². The van der Waals surface area contributed by atoms with Gasteiger partial charge in [-0.05, 0) is 23.6 Å². The molecule has 0 aromatic heterocycles. The van der Waals surface area contributed by atoms with Crippen LogP contribution in [0.1, 0.15) is 11.1 Å². The molecular formula is C18H19FN4O4S. The van der Waals surface area contributed by atoms with E-state index in [9.17, 15) is 22.7 Å². The van der Waals surface area contributed by atoms with Crippen LogP contribution in [0.4, 0.5) is 20.6 Å². The number of phenols is 1. The minimum absolute atomic E-state index is 0.00566. The molecule has 0 radical (unpaired) electrons. The van der Waals surface area contributed by atoms with Crippen LogP contribution in [0.2, 0.25) is 0 Å². The lowest BCUT2D eigenvalue weighted by Crippen LogP contribution is -2.38. The Morgan fingerprint density at radius 1 is 1.18 bits per heavy atom. The molecule has 28 heavy (non-hydrogen) atoms. The number of carbonyl (C=O) groups excluding carboxylic acids is 1. The van der Waals surface area contributed by atoms with Crippen LogP contribution in [0, 0.1) is 5.82 Å². The molecule has 4 rings (SSSR count). The molecule has 148 valence electrons. The summed E-state index contributed by atoms with van der Waals surface area (Å²) >= 11 is 0. The Morgan fingerprint density at radius 2 is 1.93 bits per heavy atom. The molecule has 10 heteroatoms. The van der Waals surface area contributed by atoms with E-state index in [1.165, 1.54) is 5.56 Å². The van der Waals surface area contributed by atoms with Crippen LogP contribution < -0.4 is 14.3 Å². The molecular weight excluding hydrogens is 387 g/mol. The summed E-state index contributed by atoms with van der Waals surface area (Å²) in [6.45, 7) is 1.08. The van der Waals surface area contributed by atoms with Gasteiger partial charge >= 0.3 is 16.2 Å². The normalized spacial score (nSPS) is 18.0. The molecule has 0 unspecified atom stereocenters. The molecule has 0 spiro atoms. The lowest BCUT2D eigenvalue weighted by molar-refractivity contribution is 0.206. The highest BCUT2D eigenvalue weighted by Crippen LogP contribution is 2.36. The maximum Gasteiger partial charge on any atom is 0.322 e. The van der Waals surface area contributed by atoms with Gasteiger partial charge in [0.1, 0.15) is 11.4 Å². The SMILES string of the molecule is O=C(Nc1cc(O)c(N2CCNS2(=O)=O)c(F)c1)N1CCc2ccccc2C1. The van der Waals surface area contributed by atoms with E-state index in [4.69, 9.17) is 0 Å². The Bertz CT molecular complexity index is 1020. The van der Waals surface area contributed by atoms with E-state index in [0.717, 1.165) is 28.4 Å². The van der Waals surface area contributed by atoms with Crippen molar-refractivity contribution in [3.8, 4) is 5.75 Å². The number of fused-ring (bicyclic) bond motifs is 1. The number of rotatable bonds is 2. The number of phenolic OH excluding ortho intramolecular Hbond substituents is 1. The summed E-state index contributed by atoms with van der Waals surface area (Å²) in [7, 11) is -3.88. The smallest absolute Gasteiger partial charge is 0.322 e. The second-order valence-corrected chi connectivity index (χ2v) is 8.35. The lowest BCUT2D eigenvalue weighted by atomic mass is 10.0. The molecule has 2 aromatic rings.